The van der Waals surface area contributed by atoms with Crippen molar-refractivity contribution < 1.29 is 9.32 Å². The molecule has 0 spiro atoms. The Hall–Kier alpha value is -1.32. The van der Waals surface area contributed by atoms with Crippen LogP contribution in [0.1, 0.15) is 30.1 Å². The molecule has 0 N–H and O–H groups in total. The van der Waals surface area contributed by atoms with Gasteiger partial charge in [-0.1, -0.05) is 5.16 Å². The lowest BCUT2D eigenvalue weighted by atomic mass is 10.3. The van der Waals surface area contributed by atoms with Gasteiger partial charge in [-0.2, -0.15) is 0 Å². The van der Waals surface area contributed by atoms with Gasteiger partial charge in [-0.15, -0.1) is 0 Å². The molecule has 13 heavy (non-hydrogen) atoms. The van der Waals surface area contributed by atoms with Crippen LogP contribution in [-0.2, 0) is 0 Å². The molecule has 0 aliphatic carbocycles. The first-order valence-electron chi connectivity index (χ1n) is 4.20. The topological polar surface area (TPSA) is 46.3 Å². The van der Waals surface area contributed by atoms with Crippen LogP contribution in [0.3, 0.4) is 0 Å². The molecule has 1 amide bonds. The first-order valence-corrected chi connectivity index (χ1v) is 4.20. The fourth-order valence-electron chi connectivity index (χ4n) is 1.06. The van der Waals surface area contributed by atoms with E-state index in [1.165, 1.54) is 6.07 Å². The second kappa shape index (κ2) is 4.07. The molecule has 0 saturated carbocycles. The van der Waals surface area contributed by atoms with E-state index in [0.717, 1.165) is 0 Å². The molecular formula is C9H12N2O2. The number of hydrogen-bond donors (Lipinski definition) is 0. The minimum Gasteiger partial charge on any atom is -0.360 e. The van der Waals surface area contributed by atoms with E-state index in [-0.39, 0.29) is 17.4 Å². The van der Waals surface area contributed by atoms with E-state index in [0.29, 0.717) is 13.1 Å². The highest BCUT2D eigenvalue weighted by Crippen LogP contribution is 2.05. The number of nitrogens with zero attached hydrogens (tertiary/aromatic N) is 2. The van der Waals surface area contributed by atoms with Crippen molar-refractivity contribution >= 4 is 5.91 Å². The number of aromatic nitrogens is 1. The van der Waals surface area contributed by atoms with E-state index in [2.05, 4.69) is 9.68 Å². The Kier molecular flexibility index (Phi) is 3.06. The average Bonchev–Trinajstić information content (AvgIpc) is 2.54. The molecule has 2 radical (unpaired) electrons. The summed E-state index contributed by atoms with van der Waals surface area (Å²) in [5, 5.41) is 3.54. The van der Waals surface area contributed by atoms with Crippen LogP contribution in [0.5, 0.6) is 0 Å². The van der Waals surface area contributed by atoms with Crippen LogP contribution in [-0.4, -0.2) is 29.1 Å². The lowest BCUT2D eigenvalue weighted by molar-refractivity contribution is 0.0762. The summed E-state index contributed by atoms with van der Waals surface area (Å²) in [6.07, 6.45) is 0. The Labute approximate surface area is 77.5 Å². The molecule has 0 bridgehead atoms. The average molecular weight is 180 g/mol. The third kappa shape index (κ3) is 2.08. The zero-order valence-corrected chi connectivity index (χ0v) is 7.78. The monoisotopic (exact) mass is 180 g/mol. The van der Waals surface area contributed by atoms with E-state index in [1.54, 1.807) is 4.90 Å². The molecule has 4 heteroatoms. The van der Waals surface area contributed by atoms with Crippen LogP contribution in [0.25, 0.3) is 0 Å². The Bertz CT molecular complexity index is 290. The predicted molar refractivity (Wildman–Crippen MR) is 47.2 cm³/mol. The van der Waals surface area contributed by atoms with Crippen molar-refractivity contribution in [3.63, 3.8) is 0 Å². The van der Waals surface area contributed by atoms with Crippen LogP contribution >= 0.6 is 0 Å². The number of carbonyl (C=O) groups excluding carboxylic acids is 1. The number of rotatable bonds is 3. The second-order valence-corrected chi connectivity index (χ2v) is 2.59. The van der Waals surface area contributed by atoms with Crippen molar-refractivity contribution in [1.29, 1.82) is 0 Å². The van der Waals surface area contributed by atoms with Crippen LogP contribution in [0.4, 0.5) is 0 Å². The van der Waals surface area contributed by atoms with Gasteiger partial charge in [0.05, 0.1) is 0 Å². The van der Waals surface area contributed by atoms with E-state index in [1.807, 2.05) is 13.8 Å². The highest BCUT2D eigenvalue weighted by molar-refractivity contribution is 5.92. The molecule has 4 nitrogen and oxygen atoms in total. The lowest BCUT2D eigenvalue weighted by Gasteiger charge is -2.16. The maximum absolute atomic E-state index is 11.6. The molecule has 0 unspecified atom stereocenters. The van der Waals surface area contributed by atoms with Gasteiger partial charge in [0.25, 0.3) is 5.91 Å². The molecular weight excluding hydrogens is 168 g/mol. The summed E-state index contributed by atoms with van der Waals surface area (Å²) in [4.78, 5) is 13.2. The Morgan fingerprint density at radius 2 is 2.23 bits per heavy atom. The van der Waals surface area contributed by atoms with Gasteiger partial charge in [-0.25, -0.2) is 0 Å². The van der Waals surface area contributed by atoms with Crippen LogP contribution in [0, 0.1) is 6.92 Å². The van der Waals surface area contributed by atoms with E-state index < -0.39 is 0 Å². The SMILES string of the molecule is [CH]c1cc(C(=O)N(CC)CC)no1. The van der Waals surface area contributed by atoms with E-state index in [9.17, 15) is 4.79 Å². The quantitative estimate of drug-likeness (QED) is 0.702. The molecule has 0 aromatic carbocycles. The van der Waals surface area contributed by atoms with Gasteiger partial charge in [-0.05, 0) is 13.8 Å². The Morgan fingerprint density at radius 1 is 1.62 bits per heavy atom. The minimum absolute atomic E-state index is 0.148. The van der Waals surface area contributed by atoms with Gasteiger partial charge in [0, 0.05) is 26.1 Å². The van der Waals surface area contributed by atoms with Crippen molar-refractivity contribution in [1.82, 2.24) is 10.1 Å². The highest BCUT2D eigenvalue weighted by atomic mass is 16.5. The second-order valence-electron chi connectivity index (χ2n) is 2.59. The maximum atomic E-state index is 11.6. The molecule has 70 valence electrons. The van der Waals surface area contributed by atoms with Crippen molar-refractivity contribution in [2.45, 2.75) is 13.8 Å². The smallest absolute Gasteiger partial charge is 0.276 e. The lowest BCUT2D eigenvalue weighted by Crippen LogP contribution is -2.30. The molecule has 1 rings (SSSR count). The van der Waals surface area contributed by atoms with E-state index in [4.69, 9.17) is 6.92 Å². The third-order valence-electron chi connectivity index (χ3n) is 1.80. The summed E-state index contributed by atoms with van der Waals surface area (Å²) in [5.74, 6) is 0.0148. The summed E-state index contributed by atoms with van der Waals surface area (Å²) in [7, 11) is 0. The summed E-state index contributed by atoms with van der Waals surface area (Å²) >= 11 is 0. The number of carbonyl (C=O) groups is 1. The summed E-state index contributed by atoms with van der Waals surface area (Å²) < 4.78 is 4.61. The predicted octanol–water partition coefficient (Wildman–Crippen LogP) is 1.22. The molecule has 0 saturated heterocycles. The first-order chi connectivity index (χ1) is 6.19. The van der Waals surface area contributed by atoms with Crippen LogP contribution < -0.4 is 0 Å². The minimum atomic E-state index is -0.148. The van der Waals surface area contributed by atoms with Gasteiger partial charge >= 0.3 is 0 Å². The standard InChI is InChI=1S/C9H12N2O2/c1-4-11(5-2)9(12)8-6-7(3)13-10-8/h3,6H,4-5H2,1-2H3. The maximum Gasteiger partial charge on any atom is 0.276 e. The zero-order chi connectivity index (χ0) is 9.84. The van der Waals surface area contributed by atoms with Gasteiger partial charge < -0.3 is 9.42 Å². The molecule has 0 fully saturated rings. The Morgan fingerprint density at radius 3 is 2.62 bits per heavy atom. The molecule has 1 heterocycles. The number of hydrogen-bond acceptors (Lipinski definition) is 3. The van der Waals surface area contributed by atoms with Crippen LogP contribution in [0.2, 0.25) is 0 Å². The molecule has 0 aliphatic rings. The molecule has 0 atom stereocenters. The van der Waals surface area contributed by atoms with Gasteiger partial charge in [0.2, 0.25) is 0 Å². The highest BCUT2D eigenvalue weighted by Gasteiger charge is 2.15. The van der Waals surface area contributed by atoms with E-state index >= 15 is 0 Å². The normalized spacial score (nSPS) is 10.1. The van der Waals surface area contributed by atoms with Crippen LogP contribution in [0.15, 0.2) is 10.6 Å². The van der Waals surface area contributed by atoms with Gasteiger partial charge in [0.1, 0.15) is 5.76 Å². The van der Waals surface area contributed by atoms with Gasteiger partial charge in [0.15, 0.2) is 5.69 Å². The molecule has 0 aliphatic heterocycles. The van der Waals surface area contributed by atoms with Gasteiger partial charge in [-0.3, -0.25) is 4.79 Å². The van der Waals surface area contributed by atoms with Crippen molar-refractivity contribution in [2.24, 2.45) is 0 Å². The number of amides is 1. The fourth-order valence-corrected chi connectivity index (χ4v) is 1.06. The van der Waals surface area contributed by atoms with Crippen molar-refractivity contribution in [3.8, 4) is 0 Å². The zero-order valence-electron chi connectivity index (χ0n) is 7.78. The summed E-state index contributed by atoms with van der Waals surface area (Å²) in [5.41, 5.74) is 0.265. The van der Waals surface area contributed by atoms with Crippen molar-refractivity contribution in [2.75, 3.05) is 13.1 Å². The fraction of sp³-hybridized carbons (Fsp3) is 0.444. The summed E-state index contributed by atoms with van der Waals surface area (Å²) in [6, 6.07) is 1.43. The Balaban J connectivity index is 2.78. The van der Waals surface area contributed by atoms with Crippen molar-refractivity contribution in [3.05, 3.63) is 24.4 Å². The largest absolute Gasteiger partial charge is 0.360 e. The molecule has 1 aromatic rings. The molecule has 1 aromatic heterocycles. The summed E-state index contributed by atoms with van der Waals surface area (Å²) in [6.45, 7) is 10.4. The third-order valence-corrected chi connectivity index (χ3v) is 1.80. The first kappa shape index (κ1) is 9.77.